The summed E-state index contributed by atoms with van der Waals surface area (Å²) < 4.78 is 1.68. The normalized spacial score (nSPS) is 12.8. The third-order valence-electron chi connectivity index (χ3n) is 3.49. The fraction of sp³-hybridized carbons (Fsp3) is 0.188. The molecule has 0 atom stereocenters. The third kappa shape index (κ3) is 1.61. The number of hydrogen-bond acceptors (Lipinski definition) is 1. The number of hydrogen-bond donors (Lipinski definition) is 0. The van der Waals surface area contributed by atoms with E-state index in [-0.39, 0.29) is 5.56 Å². The van der Waals surface area contributed by atoms with E-state index in [1.54, 1.807) is 4.57 Å². The van der Waals surface area contributed by atoms with Crippen LogP contribution in [0, 0.1) is 6.92 Å². The molecule has 1 aromatic heterocycles. The maximum atomic E-state index is 12.0. The molecule has 0 aliphatic heterocycles. The summed E-state index contributed by atoms with van der Waals surface area (Å²) in [7, 11) is 1.82. The highest BCUT2D eigenvalue weighted by Crippen LogP contribution is 2.29. The van der Waals surface area contributed by atoms with Crippen LogP contribution in [0.3, 0.4) is 0 Å². The van der Waals surface area contributed by atoms with Crippen molar-refractivity contribution in [2.75, 3.05) is 0 Å². The molecular formula is C16H15NO. The Morgan fingerprint density at radius 3 is 2.61 bits per heavy atom. The average Bonchev–Trinajstić information content (AvgIpc) is 2.84. The number of fused-ring (bicyclic) bond motifs is 1. The van der Waals surface area contributed by atoms with Crippen molar-refractivity contribution in [2.45, 2.75) is 13.3 Å². The molecule has 18 heavy (non-hydrogen) atoms. The molecule has 0 N–H and O–H groups in total. The van der Waals surface area contributed by atoms with E-state index >= 15 is 0 Å². The van der Waals surface area contributed by atoms with Crippen molar-refractivity contribution in [3.63, 3.8) is 0 Å². The van der Waals surface area contributed by atoms with Crippen molar-refractivity contribution >= 4 is 6.08 Å². The molecule has 0 saturated carbocycles. The molecule has 1 aliphatic carbocycles. The first-order chi connectivity index (χ1) is 8.66. The number of benzene rings is 1. The van der Waals surface area contributed by atoms with Gasteiger partial charge in [0.15, 0.2) is 0 Å². The van der Waals surface area contributed by atoms with Gasteiger partial charge in [-0.25, -0.2) is 0 Å². The number of rotatable bonds is 1. The zero-order chi connectivity index (χ0) is 12.7. The van der Waals surface area contributed by atoms with Gasteiger partial charge in [0.1, 0.15) is 0 Å². The standard InChI is InChI=1S/C16H15NO/c1-11-6-8-12(9-7-11)15-10-17(2)16(18)14-5-3-4-13(14)15/h3-4,6-10H,5H2,1-2H3. The van der Waals surface area contributed by atoms with Crippen LogP contribution in [0.4, 0.5) is 0 Å². The predicted octanol–water partition coefficient (Wildman–Crippen LogP) is 2.93. The van der Waals surface area contributed by atoms with Crippen LogP contribution < -0.4 is 5.56 Å². The van der Waals surface area contributed by atoms with E-state index in [4.69, 9.17) is 0 Å². The Hall–Kier alpha value is -2.09. The molecule has 1 aromatic carbocycles. The number of allylic oxidation sites excluding steroid dienone is 1. The van der Waals surface area contributed by atoms with Crippen molar-refractivity contribution in [1.82, 2.24) is 4.57 Å². The van der Waals surface area contributed by atoms with E-state index in [0.29, 0.717) is 0 Å². The average molecular weight is 237 g/mol. The lowest BCUT2D eigenvalue weighted by molar-refractivity contribution is 0.845. The summed E-state index contributed by atoms with van der Waals surface area (Å²) in [6.45, 7) is 2.08. The third-order valence-corrected chi connectivity index (χ3v) is 3.49. The van der Waals surface area contributed by atoms with Gasteiger partial charge in [-0.1, -0.05) is 42.0 Å². The minimum atomic E-state index is 0.117. The van der Waals surface area contributed by atoms with Crippen molar-refractivity contribution in [3.05, 3.63) is 63.6 Å². The van der Waals surface area contributed by atoms with Gasteiger partial charge in [-0.2, -0.15) is 0 Å². The first-order valence-electron chi connectivity index (χ1n) is 6.13. The molecule has 2 nitrogen and oxygen atoms in total. The second-order valence-electron chi connectivity index (χ2n) is 4.82. The van der Waals surface area contributed by atoms with Crippen LogP contribution in [0.25, 0.3) is 17.2 Å². The Bertz CT molecular complexity index is 690. The van der Waals surface area contributed by atoms with E-state index in [1.165, 1.54) is 11.1 Å². The zero-order valence-corrected chi connectivity index (χ0v) is 10.6. The zero-order valence-electron chi connectivity index (χ0n) is 10.6. The predicted molar refractivity (Wildman–Crippen MR) is 74.6 cm³/mol. The second kappa shape index (κ2) is 3.98. The first kappa shape index (κ1) is 11.0. The fourth-order valence-corrected chi connectivity index (χ4v) is 2.46. The number of nitrogens with zero attached hydrogens (tertiary/aromatic N) is 1. The van der Waals surface area contributed by atoms with Gasteiger partial charge in [-0.05, 0) is 24.5 Å². The van der Waals surface area contributed by atoms with Crippen LogP contribution in [0.2, 0.25) is 0 Å². The maximum absolute atomic E-state index is 12.0. The molecule has 0 unspecified atom stereocenters. The van der Waals surface area contributed by atoms with Gasteiger partial charge in [0, 0.05) is 24.4 Å². The molecular weight excluding hydrogens is 222 g/mol. The smallest absolute Gasteiger partial charge is 0.254 e. The molecule has 0 amide bonds. The molecule has 0 saturated heterocycles. The molecule has 0 fully saturated rings. The van der Waals surface area contributed by atoms with E-state index in [1.807, 2.05) is 13.2 Å². The molecule has 3 rings (SSSR count). The van der Waals surface area contributed by atoms with Gasteiger partial charge in [0.2, 0.25) is 0 Å². The van der Waals surface area contributed by atoms with Gasteiger partial charge in [0.05, 0.1) is 0 Å². The fourth-order valence-electron chi connectivity index (χ4n) is 2.46. The summed E-state index contributed by atoms with van der Waals surface area (Å²) in [6.07, 6.45) is 6.80. The quantitative estimate of drug-likeness (QED) is 0.747. The molecule has 0 radical (unpaired) electrons. The van der Waals surface area contributed by atoms with E-state index in [9.17, 15) is 4.79 Å². The van der Waals surface area contributed by atoms with E-state index < -0.39 is 0 Å². The SMILES string of the molecule is Cc1ccc(-c2cn(C)c(=O)c3c2C=CC3)cc1. The van der Waals surface area contributed by atoms with Crippen molar-refractivity contribution < 1.29 is 0 Å². The summed E-state index contributed by atoms with van der Waals surface area (Å²) in [5, 5.41) is 0. The lowest BCUT2D eigenvalue weighted by Crippen LogP contribution is -2.21. The van der Waals surface area contributed by atoms with Crippen molar-refractivity contribution in [2.24, 2.45) is 7.05 Å². The van der Waals surface area contributed by atoms with Gasteiger partial charge in [0.25, 0.3) is 5.56 Å². The van der Waals surface area contributed by atoms with E-state index in [0.717, 1.165) is 23.1 Å². The summed E-state index contributed by atoms with van der Waals surface area (Å²) in [6, 6.07) is 8.43. The Morgan fingerprint density at radius 2 is 1.89 bits per heavy atom. The van der Waals surface area contributed by atoms with Crippen LogP contribution in [-0.2, 0) is 13.5 Å². The Morgan fingerprint density at radius 1 is 1.17 bits per heavy atom. The lowest BCUT2D eigenvalue weighted by atomic mass is 9.99. The van der Waals surface area contributed by atoms with Crippen molar-refractivity contribution in [3.8, 4) is 11.1 Å². The summed E-state index contributed by atoms with van der Waals surface area (Å²) in [5.41, 5.74) is 5.67. The molecule has 2 aromatic rings. The van der Waals surface area contributed by atoms with Crippen LogP contribution in [0.15, 0.2) is 41.3 Å². The highest BCUT2D eigenvalue weighted by molar-refractivity contribution is 5.78. The first-order valence-corrected chi connectivity index (χ1v) is 6.13. The molecule has 0 spiro atoms. The summed E-state index contributed by atoms with van der Waals surface area (Å²) in [5.74, 6) is 0. The summed E-state index contributed by atoms with van der Waals surface area (Å²) >= 11 is 0. The topological polar surface area (TPSA) is 22.0 Å². The summed E-state index contributed by atoms with van der Waals surface area (Å²) in [4.78, 5) is 12.0. The Balaban J connectivity index is 2.27. The van der Waals surface area contributed by atoms with Crippen LogP contribution in [0.1, 0.15) is 16.7 Å². The number of aryl methyl sites for hydroxylation is 2. The highest BCUT2D eigenvalue weighted by Gasteiger charge is 2.16. The highest BCUT2D eigenvalue weighted by atomic mass is 16.1. The van der Waals surface area contributed by atoms with Gasteiger partial charge in [-0.15, -0.1) is 0 Å². The van der Waals surface area contributed by atoms with Gasteiger partial charge in [-0.3, -0.25) is 4.79 Å². The van der Waals surface area contributed by atoms with E-state index in [2.05, 4.69) is 43.3 Å². The molecule has 2 heteroatoms. The molecule has 0 bridgehead atoms. The van der Waals surface area contributed by atoms with Crippen molar-refractivity contribution in [1.29, 1.82) is 0 Å². The largest absolute Gasteiger partial charge is 0.318 e. The maximum Gasteiger partial charge on any atom is 0.254 e. The molecule has 1 aliphatic rings. The lowest BCUT2D eigenvalue weighted by Gasteiger charge is -2.11. The van der Waals surface area contributed by atoms with Crippen LogP contribution in [-0.4, -0.2) is 4.57 Å². The Labute approximate surface area is 106 Å². The number of pyridine rings is 1. The van der Waals surface area contributed by atoms with Crippen LogP contribution in [0.5, 0.6) is 0 Å². The van der Waals surface area contributed by atoms with Gasteiger partial charge >= 0.3 is 0 Å². The number of aromatic nitrogens is 1. The minimum Gasteiger partial charge on any atom is -0.318 e. The molecule has 1 heterocycles. The Kier molecular flexibility index (Phi) is 2.44. The monoisotopic (exact) mass is 237 g/mol. The second-order valence-corrected chi connectivity index (χ2v) is 4.82. The molecule has 90 valence electrons. The van der Waals surface area contributed by atoms with Gasteiger partial charge < -0.3 is 4.57 Å². The minimum absolute atomic E-state index is 0.117. The van der Waals surface area contributed by atoms with Crippen LogP contribution >= 0.6 is 0 Å².